The van der Waals surface area contributed by atoms with Crippen LogP contribution in [-0.2, 0) is 19.7 Å². The summed E-state index contributed by atoms with van der Waals surface area (Å²) < 4.78 is 33.2. The number of carbonyl (C=O) groups is 2. The molecule has 0 spiro atoms. The van der Waals surface area contributed by atoms with Gasteiger partial charge in [-0.05, 0) is 43.9 Å². The number of carbonyl (C=O) groups excluding carboxylic acids is 2. The molecule has 1 fully saturated rings. The topological polar surface area (TPSA) is 98.2 Å². The van der Waals surface area contributed by atoms with E-state index in [1.165, 1.54) is 20.4 Å². The Labute approximate surface area is 221 Å². The van der Waals surface area contributed by atoms with Crippen molar-refractivity contribution in [2.24, 2.45) is 0 Å². The van der Waals surface area contributed by atoms with Crippen LogP contribution >= 0.6 is 11.3 Å². The van der Waals surface area contributed by atoms with Crippen molar-refractivity contribution in [2.45, 2.75) is 76.2 Å². The summed E-state index contributed by atoms with van der Waals surface area (Å²) in [5.41, 5.74) is -4.38. The van der Waals surface area contributed by atoms with E-state index in [4.69, 9.17) is 14.2 Å². The van der Waals surface area contributed by atoms with Gasteiger partial charge in [0, 0.05) is 30.7 Å². The van der Waals surface area contributed by atoms with Gasteiger partial charge in [-0.3, -0.25) is 4.79 Å². The number of thiazole rings is 1. The van der Waals surface area contributed by atoms with Gasteiger partial charge in [0.15, 0.2) is 11.2 Å². The zero-order valence-corrected chi connectivity index (χ0v) is 23.6. The Bertz CT molecular complexity index is 1130. The Morgan fingerprint density at radius 2 is 1.89 bits per heavy atom. The van der Waals surface area contributed by atoms with E-state index in [-0.39, 0.29) is 16.0 Å². The number of aromatic nitrogens is 1. The molecular weight excluding hydrogens is 499 g/mol. The number of hydrogen-bond donors (Lipinski definition) is 1. The normalized spacial score (nSPS) is 24.3. The van der Waals surface area contributed by atoms with Crippen molar-refractivity contribution in [3.05, 3.63) is 45.9 Å². The number of likely N-dealkylation sites (tertiary alicyclic amines) is 1. The summed E-state index contributed by atoms with van der Waals surface area (Å²) in [7, 11) is 2.85. The van der Waals surface area contributed by atoms with Crippen LogP contribution in [0.25, 0.3) is 0 Å². The van der Waals surface area contributed by atoms with Crippen molar-refractivity contribution in [1.82, 2.24) is 9.88 Å². The van der Waals surface area contributed by atoms with Gasteiger partial charge in [-0.15, -0.1) is 11.3 Å². The molecule has 1 N–H and O–H groups in total. The molecule has 1 aliphatic rings. The van der Waals surface area contributed by atoms with Crippen molar-refractivity contribution in [3.63, 3.8) is 0 Å². The van der Waals surface area contributed by atoms with Gasteiger partial charge in [0.1, 0.15) is 22.4 Å². The maximum absolute atomic E-state index is 16.8. The van der Waals surface area contributed by atoms with E-state index in [1.54, 1.807) is 44.4 Å². The lowest BCUT2D eigenvalue weighted by Gasteiger charge is -2.39. The number of halogens is 1. The highest BCUT2D eigenvalue weighted by atomic mass is 32.1. The standard InChI is InChI=1S/C27H37FN2O6S/c1-24(2,3)18-10-9-17(13-19(18)35-8)22(32)30-20(21-29-11-12-37-21)26(28,16-34-7)14-27(30,15-31)23(33)36-25(4,5)6/h9-13,20,31H,14-16H2,1-8H3. The number of hydrogen-bond acceptors (Lipinski definition) is 8. The number of benzene rings is 1. The fourth-order valence-corrected chi connectivity index (χ4v) is 5.68. The molecule has 3 rings (SSSR count). The molecule has 37 heavy (non-hydrogen) atoms. The first-order valence-electron chi connectivity index (χ1n) is 12.1. The number of rotatable bonds is 7. The Hall–Kier alpha value is -2.56. The molecule has 8 nitrogen and oxygen atoms in total. The molecule has 3 atom stereocenters. The highest BCUT2D eigenvalue weighted by Gasteiger charge is 2.67. The quantitative estimate of drug-likeness (QED) is 0.522. The number of aliphatic hydroxyl groups excluding tert-OH is 1. The number of amides is 1. The van der Waals surface area contributed by atoms with E-state index in [9.17, 15) is 14.7 Å². The van der Waals surface area contributed by atoms with E-state index in [2.05, 4.69) is 4.98 Å². The Morgan fingerprint density at radius 1 is 1.22 bits per heavy atom. The van der Waals surface area contributed by atoms with E-state index in [0.29, 0.717) is 5.75 Å². The molecule has 10 heteroatoms. The third kappa shape index (κ3) is 5.51. The summed E-state index contributed by atoms with van der Waals surface area (Å²) in [5, 5.41) is 12.6. The minimum Gasteiger partial charge on any atom is -0.496 e. The number of alkyl halides is 1. The monoisotopic (exact) mass is 536 g/mol. The fourth-order valence-electron chi connectivity index (χ4n) is 4.85. The number of methoxy groups -OCH3 is 2. The molecule has 1 amide bonds. The average molecular weight is 537 g/mol. The molecule has 204 valence electrons. The van der Waals surface area contributed by atoms with Crippen molar-refractivity contribution in [3.8, 4) is 5.75 Å². The van der Waals surface area contributed by atoms with Crippen LogP contribution in [-0.4, -0.2) is 71.1 Å². The summed E-state index contributed by atoms with van der Waals surface area (Å²) in [6.07, 6.45) is 0.982. The SMILES string of the molecule is COCC1(F)CC(CO)(C(=O)OC(C)(C)C)N(C(=O)c2ccc(C(C)(C)C)c(OC)c2)C1c1nccs1. The minimum absolute atomic E-state index is 0.175. The molecule has 2 aromatic rings. The lowest BCUT2D eigenvalue weighted by molar-refractivity contribution is -0.170. The Balaban J connectivity index is 2.25. The summed E-state index contributed by atoms with van der Waals surface area (Å²) >= 11 is 1.16. The second kappa shape index (κ2) is 10.3. The molecule has 0 radical (unpaired) electrons. The maximum atomic E-state index is 16.8. The molecule has 0 aliphatic carbocycles. The predicted molar refractivity (Wildman–Crippen MR) is 139 cm³/mol. The van der Waals surface area contributed by atoms with E-state index < -0.39 is 54.4 Å². The fraction of sp³-hybridized carbons (Fsp3) is 0.593. The van der Waals surface area contributed by atoms with Crippen LogP contribution < -0.4 is 4.74 Å². The maximum Gasteiger partial charge on any atom is 0.335 e. The Kier molecular flexibility index (Phi) is 8.08. The van der Waals surface area contributed by atoms with Crippen molar-refractivity contribution >= 4 is 23.2 Å². The summed E-state index contributed by atoms with van der Waals surface area (Å²) in [5.74, 6) is -1.07. The number of ether oxygens (including phenoxy) is 3. The molecule has 0 bridgehead atoms. The second-order valence-corrected chi connectivity index (χ2v) is 12.4. The van der Waals surface area contributed by atoms with Gasteiger partial charge in [0.25, 0.3) is 5.91 Å². The highest BCUT2D eigenvalue weighted by Crippen LogP contribution is 2.53. The van der Waals surface area contributed by atoms with Crippen LogP contribution in [0.4, 0.5) is 4.39 Å². The predicted octanol–water partition coefficient (Wildman–Crippen LogP) is 4.46. The van der Waals surface area contributed by atoms with Crippen LogP contribution in [0.5, 0.6) is 5.75 Å². The van der Waals surface area contributed by atoms with Crippen LogP contribution in [0.3, 0.4) is 0 Å². The van der Waals surface area contributed by atoms with E-state index >= 15 is 4.39 Å². The third-order valence-electron chi connectivity index (χ3n) is 6.38. The van der Waals surface area contributed by atoms with Gasteiger partial charge in [0.2, 0.25) is 0 Å². The first-order chi connectivity index (χ1) is 17.1. The van der Waals surface area contributed by atoms with Gasteiger partial charge in [-0.25, -0.2) is 14.2 Å². The van der Waals surface area contributed by atoms with Crippen molar-refractivity contribution in [1.29, 1.82) is 0 Å². The van der Waals surface area contributed by atoms with Crippen molar-refractivity contribution < 1.29 is 33.3 Å². The van der Waals surface area contributed by atoms with E-state index in [0.717, 1.165) is 21.8 Å². The summed E-state index contributed by atoms with van der Waals surface area (Å²) in [4.78, 5) is 33.3. The number of aliphatic hydroxyl groups is 1. The van der Waals surface area contributed by atoms with Gasteiger partial charge in [0.05, 0.1) is 20.3 Å². The first kappa shape index (κ1) is 29.0. The lowest BCUT2D eigenvalue weighted by Crippen LogP contribution is -2.58. The molecule has 2 heterocycles. The molecule has 1 aliphatic heterocycles. The zero-order chi connectivity index (χ0) is 27.8. The minimum atomic E-state index is -2.22. The van der Waals surface area contributed by atoms with Crippen LogP contribution in [0.15, 0.2) is 29.8 Å². The largest absolute Gasteiger partial charge is 0.496 e. The van der Waals surface area contributed by atoms with Gasteiger partial charge < -0.3 is 24.2 Å². The highest BCUT2D eigenvalue weighted by molar-refractivity contribution is 7.09. The molecule has 1 aromatic carbocycles. The van der Waals surface area contributed by atoms with E-state index in [1.807, 2.05) is 20.8 Å². The zero-order valence-electron chi connectivity index (χ0n) is 22.8. The van der Waals surface area contributed by atoms with Crippen molar-refractivity contribution in [2.75, 3.05) is 27.4 Å². The number of nitrogens with zero attached hydrogens (tertiary/aromatic N) is 2. The first-order valence-corrected chi connectivity index (χ1v) is 13.0. The number of esters is 1. The lowest BCUT2D eigenvalue weighted by atomic mass is 9.85. The summed E-state index contributed by atoms with van der Waals surface area (Å²) in [6.45, 7) is 9.81. The van der Waals surface area contributed by atoms with Gasteiger partial charge in [-0.1, -0.05) is 26.8 Å². The third-order valence-corrected chi connectivity index (χ3v) is 7.21. The molecule has 0 saturated carbocycles. The molecular formula is C27H37FN2O6S. The smallest absolute Gasteiger partial charge is 0.335 e. The van der Waals surface area contributed by atoms with Gasteiger partial charge >= 0.3 is 5.97 Å². The second-order valence-electron chi connectivity index (χ2n) is 11.4. The van der Waals surface area contributed by atoms with Crippen LogP contribution in [0.2, 0.25) is 0 Å². The molecule has 1 aromatic heterocycles. The molecule has 3 unspecified atom stereocenters. The van der Waals surface area contributed by atoms with Crippen LogP contribution in [0.1, 0.15) is 74.9 Å². The van der Waals surface area contributed by atoms with Crippen LogP contribution in [0, 0.1) is 0 Å². The Morgan fingerprint density at radius 3 is 2.38 bits per heavy atom. The average Bonchev–Trinajstić information content (AvgIpc) is 3.41. The summed E-state index contributed by atoms with van der Waals surface area (Å²) in [6, 6.07) is 3.68. The molecule has 1 saturated heterocycles. The van der Waals surface area contributed by atoms with Gasteiger partial charge in [-0.2, -0.15) is 0 Å².